The minimum absolute atomic E-state index is 0.141. The van der Waals surface area contributed by atoms with E-state index < -0.39 is 0 Å². The molecule has 0 bridgehead atoms. The van der Waals surface area contributed by atoms with Crippen LogP contribution in [0.1, 0.15) is 46.5 Å². The molecule has 0 heterocycles. The molecule has 1 amide bonds. The molecule has 3 N–H and O–H groups in total. The van der Waals surface area contributed by atoms with Gasteiger partial charge in [0.15, 0.2) is 0 Å². The maximum atomic E-state index is 11.8. The molecule has 3 nitrogen and oxygen atoms in total. The largest absolute Gasteiger partial charge is 0.351 e. The highest BCUT2D eigenvalue weighted by molar-refractivity contribution is 5.82. The number of hydrogen-bond acceptors (Lipinski definition) is 2. The fraction of sp³-hybridized carbons (Fsp3) is 0.909. The lowest BCUT2D eigenvalue weighted by molar-refractivity contribution is -0.130. The minimum Gasteiger partial charge on any atom is -0.351 e. The quantitative estimate of drug-likeness (QED) is 0.720. The summed E-state index contributed by atoms with van der Waals surface area (Å²) in [5, 5.41) is 3.06. The Kier molecular flexibility index (Phi) is 3.53. The molecular formula is C11H22N2O. The van der Waals surface area contributed by atoms with Crippen LogP contribution >= 0.6 is 0 Å². The molecule has 0 spiro atoms. The monoisotopic (exact) mass is 198 g/mol. The van der Waals surface area contributed by atoms with Crippen molar-refractivity contribution in [3.63, 3.8) is 0 Å². The van der Waals surface area contributed by atoms with Crippen LogP contribution in [0.15, 0.2) is 0 Å². The van der Waals surface area contributed by atoms with Crippen LogP contribution in [0.2, 0.25) is 0 Å². The molecule has 1 aliphatic rings. The van der Waals surface area contributed by atoms with Gasteiger partial charge in [-0.3, -0.25) is 4.79 Å². The van der Waals surface area contributed by atoms with Crippen LogP contribution in [-0.4, -0.2) is 18.0 Å². The number of rotatable bonds is 3. The first kappa shape index (κ1) is 11.5. The number of nitrogens with two attached hydrogens (primary N) is 1. The molecule has 1 rings (SSSR count). The van der Waals surface area contributed by atoms with E-state index >= 15 is 0 Å². The molecule has 1 fully saturated rings. The van der Waals surface area contributed by atoms with Crippen LogP contribution in [0.25, 0.3) is 0 Å². The maximum Gasteiger partial charge on any atom is 0.225 e. The smallest absolute Gasteiger partial charge is 0.225 e. The molecule has 14 heavy (non-hydrogen) atoms. The zero-order valence-corrected chi connectivity index (χ0v) is 9.47. The van der Waals surface area contributed by atoms with Gasteiger partial charge in [0.1, 0.15) is 0 Å². The fourth-order valence-electron chi connectivity index (χ4n) is 1.69. The molecule has 1 aliphatic carbocycles. The predicted molar refractivity (Wildman–Crippen MR) is 57.8 cm³/mol. The molecule has 0 aromatic carbocycles. The van der Waals surface area contributed by atoms with Crippen molar-refractivity contribution in [3.05, 3.63) is 0 Å². The van der Waals surface area contributed by atoms with Crippen molar-refractivity contribution < 1.29 is 4.79 Å². The first-order valence-electron chi connectivity index (χ1n) is 5.54. The summed E-state index contributed by atoms with van der Waals surface area (Å²) in [4.78, 5) is 11.8. The summed E-state index contributed by atoms with van der Waals surface area (Å²) in [7, 11) is 0. The van der Waals surface area contributed by atoms with E-state index in [0.717, 1.165) is 25.7 Å². The Morgan fingerprint density at radius 1 is 1.50 bits per heavy atom. The van der Waals surface area contributed by atoms with E-state index in [1.54, 1.807) is 0 Å². The van der Waals surface area contributed by atoms with Gasteiger partial charge in [-0.2, -0.15) is 0 Å². The lowest BCUT2D eigenvalue weighted by atomic mass is 9.89. The first-order chi connectivity index (χ1) is 6.47. The SMILES string of the molecule is CCC(C)(C)C(=O)NC1CCCC1N. The third-order valence-electron chi connectivity index (χ3n) is 3.38. The van der Waals surface area contributed by atoms with E-state index in [1.165, 1.54) is 0 Å². The Morgan fingerprint density at radius 2 is 2.14 bits per heavy atom. The van der Waals surface area contributed by atoms with Gasteiger partial charge in [-0.25, -0.2) is 0 Å². The average Bonchev–Trinajstić information content (AvgIpc) is 2.52. The van der Waals surface area contributed by atoms with Crippen LogP contribution in [0.5, 0.6) is 0 Å². The molecular weight excluding hydrogens is 176 g/mol. The summed E-state index contributed by atoms with van der Waals surface area (Å²) in [6, 6.07) is 0.361. The summed E-state index contributed by atoms with van der Waals surface area (Å²) >= 11 is 0. The Morgan fingerprint density at radius 3 is 2.57 bits per heavy atom. The molecule has 2 unspecified atom stereocenters. The van der Waals surface area contributed by atoms with Crippen molar-refractivity contribution in [3.8, 4) is 0 Å². The molecule has 0 saturated heterocycles. The minimum atomic E-state index is -0.262. The lowest BCUT2D eigenvalue weighted by Crippen LogP contribution is -2.48. The van der Waals surface area contributed by atoms with Gasteiger partial charge >= 0.3 is 0 Å². The summed E-state index contributed by atoms with van der Waals surface area (Å²) < 4.78 is 0. The van der Waals surface area contributed by atoms with Crippen molar-refractivity contribution >= 4 is 5.91 Å². The predicted octanol–water partition coefficient (Wildman–Crippen LogP) is 1.42. The zero-order valence-electron chi connectivity index (χ0n) is 9.47. The van der Waals surface area contributed by atoms with Crippen molar-refractivity contribution in [1.82, 2.24) is 5.32 Å². The van der Waals surface area contributed by atoms with E-state index in [2.05, 4.69) is 5.32 Å². The van der Waals surface area contributed by atoms with Crippen molar-refractivity contribution in [1.29, 1.82) is 0 Å². The van der Waals surface area contributed by atoms with Gasteiger partial charge in [-0.15, -0.1) is 0 Å². The molecule has 0 aliphatic heterocycles. The number of amides is 1. The number of carbonyl (C=O) groups excluding carboxylic acids is 1. The second kappa shape index (κ2) is 4.30. The number of nitrogens with one attached hydrogen (secondary N) is 1. The third kappa shape index (κ3) is 2.47. The molecule has 0 aromatic heterocycles. The van der Waals surface area contributed by atoms with E-state index in [9.17, 15) is 4.79 Å². The standard InChI is InChI=1S/C11H22N2O/c1-4-11(2,3)10(14)13-9-7-5-6-8(9)12/h8-9H,4-7,12H2,1-3H3,(H,13,14). The fourth-order valence-corrected chi connectivity index (χ4v) is 1.69. The Hall–Kier alpha value is -0.570. The number of carbonyl (C=O) groups is 1. The van der Waals surface area contributed by atoms with Crippen molar-refractivity contribution in [2.75, 3.05) is 0 Å². The second-order valence-corrected chi connectivity index (χ2v) is 4.91. The van der Waals surface area contributed by atoms with Gasteiger partial charge in [-0.05, 0) is 25.7 Å². The van der Waals surface area contributed by atoms with Gasteiger partial charge in [0.05, 0.1) is 0 Å². The summed E-state index contributed by atoms with van der Waals surface area (Å²) in [6.07, 6.45) is 4.07. The maximum absolute atomic E-state index is 11.8. The van der Waals surface area contributed by atoms with E-state index in [0.29, 0.717) is 0 Å². The highest BCUT2D eigenvalue weighted by Gasteiger charge is 2.31. The van der Waals surface area contributed by atoms with E-state index in [-0.39, 0.29) is 23.4 Å². The summed E-state index contributed by atoms with van der Waals surface area (Å²) in [6.45, 7) is 5.99. The average molecular weight is 198 g/mol. The molecule has 2 atom stereocenters. The van der Waals surface area contributed by atoms with Gasteiger partial charge in [0, 0.05) is 17.5 Å². The lowest BCUT2D eigenvalue weighted by Gasteiger charge is -2.26. The van der Waals surface area contributed by atoms with E-state index in [1.807, 2.05) is 20.8 Å². The highest BCUT2D eigenvalue weighted by atomic mass is 16.2. The Bertz CT molecular complexity index is 213. The Balaban J connectivity index is 2.48. The zero-order chi connectivity index (χ0) is 10.8. The molecule has 82 valence electrons. The van der Waals surface area contributed by atoms with Gasteiger partial charge in [-0.1, -0.05) is 20.8 Å². The molecule has 0 radical (unpaired) electrons. The van der Waals surface area contributed by atoms with Crippen LogP contribution in [0.3, 0.4) is 0 Å². The van der Waals surface area contributed by atoms with Crippen molar-refractivity contribution in [2.45, 2.75) is 58.5 Å². The van der Waals surface area contributed by atoms with Gasteiger partial charge in [0.25, 0.3) is 0 Å². The molecule has 3 heteroatoms. The third-order valence-corrected chi connectivity index (χ3v) is 3.38. The van der Waals surface area contributed by atoms with E-state index in [4.69, 9.17) is 5.73 Å². The Labute approximate surface area is 86.4 Å². The molecule has 1 saturated carbocycles. The van der Waals surface area contributed by atoms with Crippen LogP contribution in [-0.2, 0) is 4.79 Å². The highest BCUT2D eigenvalue weighted by Crippen LogP contribution is 2.22. The van der Waals surface area contributed by atoms with Crippen LogP contribution in [0, 0.1) is 5.41 Å². The molecule has 0 aromatic rings. The van der Waals surface area contributed by atoms with Crippen molar-refractivity contribution in [2.24, 2.45) is 11.1 Å². The first-order valence-corrected chi connectivity index (χ1v) is 5.54. The van der Waals surface area contributed by atoms with Crippen LogP contribution in [0.4, 0.5) is 0 Å². The summed E-state index contributed by atoms with van der Waals surface area (Å²) in [5.41, 5.74) is 5.64. The van der Waals surface area contributed by atoms with Crippen LogP contribution < -0.4 is 11.1 Å². The summed E-state index contributed by atoms with van der Waals surface area (Å²) in [5.74, 6) is 0.141. The second-order valence-electron chi connectivity index (χ2n) is 4.91. The van der Waals surface area contributed by atoms with Gasteiger partial charge in [0.2, 0.25) is 5.91 Å². The topological polar surface area (TPSA) is 55.1 Å². The van der Waals surface area contributed by atoms with Gasteiger partial charge < -0.3 is 11.1 Å². The normalized spacial score (nSPS) is 27.7. The number of hydrogen-bond donors (Lipinski definition) is 2.